The number of nitro benzene ring substituents is 1. The van der Waals surface area contributed by atoms with Crippen molar-refractivity contribution in [3.8, 4) is 0 Å². The number of nitrogens with zero attached hydrogens (tertiary/aromatic N) is 1. The van der Waals surface area contributed by atoms with Crippen molar-refractivity contribution in [1.82, 2.24) is 0 Å². The quantitative estimate of drug-likeness (QED) is 0.425. The first kappa shape index (κ1) is 21.3. The number of halogens is 3. The largest absolute Gasteiger partial charge is 0.452 e. The second-order valence-electron chi connectivity index (χ2n) is 5.55. The second-order valence-corrected chi connectivity index (χ2v) is 5.55. The van der Waals surface area contributed by atoms with Gasteiger partial charge in [0.1, 0.15) is 5.69 Å². The summed E-state index contributed by atoms with van der Waals surface area (Å²) in [5, 5.41) is 13.0. The van der Waals surface area contributed by atoms with E-state index in [2.05, 4.69) is 0 Å². The number of nitrogens with two attached hydrogens (primary N) is 1. The molecule has 0 spiro atoms. The molecule has 2 aromatic rings. The molecule has 0 atom stereocenters. The van der Waals surface area contributed by atoms with Crippen molar-refractivity contribution in [3.63, 3.8) is 0 Å². The number of esters is 1. The van der Waals surface area contributed by atoms with Crippen LogP contribution in [0.15, 0.2) is 42.5 Å². The highest BCUT2D eigenvalue weighted by Gasteiger charge is 2.33. The van der Waals surface area contributed by atoms with Crippen molar-refractivity contribution in [2.45, 2.75) is 6.18 Å². The van der Waals surface area contributed by atoms with Gasteiger partial charge in [-0.2, -0.15) is 13.2 Å². The minimum Gasteiger partial charge on any atom is -0.452 e. The lowest BCUT2D eigenvalue weighted by Crippen LogP contribution is -2.21. The van der Waals surface area contributed by atoms with Crippen LogP contribution in [-0.2, 0) is 15.7 Å². The number of rotatable bonds is 6. The number of primary amides is 1. The molecule has 0 heterocycles. The van der Waals surface area contributed by atoms with Crippen molar-refractivity contribution < 1.29 is 37.2 Å². The summed E-state index contributed by atoms with van der Waals surface area (Å²) in [6.45, 7) is -0.853. The maximum absolute atomic E-state index is 12.7. The van der Waals surface area contributed by atoms with Gasteiger partial charge in [-0.1, -0.05) is 0 Å². The molecule has 29 heavy (non-hydrogen) atoms. The summed E-state index contributed by atoms with van der Waals surface area (Å²) in [5.41, 5.74) is 2.49. The van der Waals surface area contributed by atoms with Gasteiger partial charge in [0, 0.05) is 11.6 Å². The molecular formula is C17H12F3N3O6. The average Bonchev–Trinajstić information content (AvgIpc) is 2.65. The number of benzene rings is 2. The Bertz CT molecular complexity index is 973. The van der Waals surface area contributed by atoms with E-state index >= 15 is 0 Å². The molecule has 0 bridgehead atoms. The summed E-state index contributed by atoms with van der Waals surface area (Å²) in [4.78, 5) is 44.6. The van der Waals surface area contributed by atoms with Gasteiger partial charge in [0.05, 0.1) is 16.1 Å². The maximum atomic E-state index is 12.7. The van der Waals surface area contributed by atoms with E-state index in [0.717, 1.165) is 6.07 Å². The Kier molecular flexibility index (Phi) is 6.16. The predicted octanol–water partition coefficient (Wildman–Crippen LogP) is 2.51. The number of nitrogens with one attached hydrogen (secondary N) is 1. The van der Waals surface area contributed by atoms with E-state index < -0.39 is 52.4 Å². The number of hydrogen-bond acceptors (Lipinski definition) is 6. The van der Waals surface area contributed by atoms with E-state index in [9.17, 15) is 37.7 Å². The average molecular weight is 411 g/mol. The third-order valence-electron chi connectivity index (χ3n) is 3.54. The second kappa shape index (κ2) is 8.37. The van der Waals surface area contributed by atoms with Crippen LogP contribution < -0.4 is 11.1 Å². The molecule has 2 rings (SSSR count). The lowest BCUT2D eigenvalue weighted by atomic mass is 10.1. The first-order valence-corrected chi connectivity index (χ1v) is 7.71. The topological polar surface area (TPSA) is 142 Å². The first-order valence-electron chi connectivity index (χ1n) is 7.71. The van der Waals surface area contributed by atoms with Crippen LogP contribution in [-0.4, -0.2) is 29.3 Å². The van der Waals surface area contributed by atoms with Crippen LogP contribution in [0.3, 0.4) is 0 Å². The zero-order chi connectivity index (χ0) is 21.8. The fourth-order valence-corrected chi connectivity index (χ4v) is 2.14. The van der Waals surface area contributed by atoms with Crippen LogP contribution >= 0.6 is 0 Å². The molecule has 0 aromatic heterocycles. The summed E-state index contributed by atoms with van der Waals surface area (Å²) in [5.74, 6) is -2.64. The molecule has 0 saturated carbocycles. The van der Waals surface area contributed by atoms with Crippen LogP contribution in [0.4, 0.5) is 24.5 Å². The molecule has 0 unspecified atom stereocenters. The zero-order valence-electron chi connectivity index (χ0n) is 14.4. The van der Waals surface area contributed by atoms with Gasteiger partial charge in [-0.3, -0.25) is 19.7 Å². The highest BCUT2D eigenvalue weighted by atomic mass is 19.4. The number of anilines is 1. The van der Waals surface area contributed by atoms with Gasteiger partial charge < -0.3 is 15.8 Å². The number of ether oxygens (including phenoxy) is 1. The van der Waals surface area contributed by atoms with E-state index in [1.807, 2.05) is 5.32 Å². The Balaban J connectivity index is 2.04. The van der Waals surface area contributed by atoms with Crippen LogP contribution in [0, 0.1) is 10.1 Å². The molecule has 0 saturated heterocycles. The van der Waals surface area contributed by atoms with Gasteiger partial charge in [0.2, 0.25) is 5.91 Å². The highest BCUT2D eigenvalue weighted by Crippen LogP contribution is 2.34. The summed E-state index contributed by atoms with van der Waals surface area (Å²) in [7, 11) is 0. The molecule has 2 amide bonds. The number of amides is 2. The Labute approximate surface area is 160 Å². The Morgan fingerprint density at radius 3 is 2.17 bits per heavy atom. The lowest BCUT2D eigenvalue weighted by molar-refractivity contribution is -0.384. The first-order chi connectivity index (χ1) is 13.5. The highest BCUT2D eigenvalue weighted by molar-refractivity contribution is 5.98. The summed E-state index contributed by atoms with van der Waals surface area (Å²) < 4.78 is 42.7. The van der Waals surface area contributed by atoms with Crippen molar-refractivity contribution in [2.75, 3.05) is 11.9 Å². The standard InChI is InChI=1S/C17H12F3N3O6/c18-17(19,20)11-5-6-12(13(7-11)23(27)28)22-14(24)8-29-16(26)10-3-1-9(2-4-10)15(21)25/h1-7H,8H2,(H2,21,25)(H,22,24). The molecular weight excluding hydrogens is 399 g/mol. The minimum absolute atomic E-state index is 0.00307. The van der Waals surface area contributed by atoms with Gasteiger partial charge in [-0.15, -0.1) is 0 Å². The van der Waals surface area contributed by atoms with Crippen LogP contribution in [0.1, 0.15) is 26.3 Å². The van der Waals surface area contributed by atoms with E-state index in [1.165, 1.54) is 24.3 Å². The van der Waals surface area contributed by atoms with Crippen LogP contribution in [0.5, 0.6) is 0 Å². The molecule has 0 fully saturated rings. The fourth-order valence-electron chi connectivity index (χ4n) is 2.14. The third kappa shape index (κ3) is 5.51. The summed E-state index contributed by atoms with van der Waals surface area (Å²) in [6, 6.07) is 6.58. The van der Waals surface area contributed by atoms with Crippen LogP contribution in [0.25, 0.3) is 0 Å². The van der Waals surface area contributed by atoms with Gasteiger partial charge in [0.25, 0.3) is 11.6 Å². The lowest BCUT2D eigenvalue weighted by Gasteiger charge is -2.10. The van der Waals surface area contributed by atoms with E-state index in [1.54, 1.807) is 0 Å². The Morgan fingerprint density at radius 1 is 1.07 bits per heavy atom. The predicted molar refractivity (Wildman–Crippen MR) is 92.0 cm³/mol. The number of carbonyl (C=O) groups is 3. The number of hydrogen-bond donors (Lipinski definition) is 2. The molecule has 2 aromatic carbocycles. The maximum Gasteiger partial charge on any atom is 0.416 e. The molecule has 0 aliphatic rings. The van der Waals surface area contributed by atoms with Gasteiger partial charge in [-0.05, 0) is 36.4 Å². The van der Waals surface area contributed by atoms with E-state index in [0.29, 0.717) is 6.07 Å². The van der Waals surface area contributed by atoms with Crippen molar-refractivity contribution in [2.24, 2.45) is 5.73 Å². The zero-order valence-corrected chi connectivity index (χ0v) is 14.4. The van der Waals surface area contributed by atoms with E-state index in [4.69, 9.17) is 10.5 Å². The minimum atomic E-state index is -4.80. The molecule has 0 radical (unpaired) electrons. The number of alkyl halides is 3. The summed E-state index contributed by atoms with van der Waals surface area (Å²) in [6.07, 6.45) is -4.80. The van der Waals surface area contributed by atoms with Gasteiger partial charge in [-0.25, -0.2) is 4.79 Å². The molecule has 152 valence electrons. The SMILES string of the molecule is NC(=O)c1ccc(C(=O)OCC(=O)Nc2ccc(C(F)(F)F)cc2[N+](=O)[O-])cc1. The molecule has 9 nitrogen and oxygen atoms in total. The third-order valence-corrected chi connectivity index (χ3v) is 3.54. The number of carbonyl (C=O) groups excluding carboxylic acids is 3. The van der Waals surface area contributed by atoms with Crippen molar-refractivity contribution >= 4 is 29.2 Å². The fraction of sp³-hybridized carbons (Fsp3) is 0.118. The van der Waals surface area contributed by atoms with Gasteiger partial charge >= 0.3 is 12.1 Å². The van der Waals surface area contributed by atoms with Gasteiger partial charge in [0.15, 0.2) is 6.61 Å². The molecule has 0 aliphatic carbocycles. The Morgan fingerprint density at radius 2 is 1.66 bits per heavy atom. The van der Waals surface area contributed by atoms with Crippen molar-refractivity contribution in [1.29, 1.82) is 0 Å². The summed E-state index contributed by atoms with van der Waals surface area (Å²) >= 11 is 0. The molecule has 3 N–H and O–H groups in total. The molecule has 12 heteroatoms. The monoisotopic (exact) mass is 411 g/mol. The Hall–Kier alpha value is -3.96. The van der Waals surface area contributed by atoms with Crippen molar-refractivity contribution in [3.05, 3.63) is 69.3 Å². The number of nitro groups is 1. The normalized spacial score (nSPS) is 10.9. The smallest absolute Gasteiger partial charge is 0.416 e. The van der Waals surface area contributed by atoms with E-state index in [-0.39, 0.29) is 17.2 Å². The molecule has 0 aliphatic heterocycles. The van der Waals surface area contributed by atoms with Crippen LogP contribution in [0.2, 0.25) is 0 Å².